The molecule has 0 radical (unpaired) electrons. The van der Waals surface area contributed by atoms with Gasteiger partial charge in [0.1, 0.15) is 24.5 Å². The molecular weight excluding hydrogens is 326 g/mol. The van der Waals surface area contributed by atoms with Crippen LogP contribution < -0.4 is 16.2 Å². The Balaban J connectivity index is 2.39. The van der Waals surface area contributed by atoms with Crippen molar-refractivity contribution in [3.05, 3.63) is 35.9 Å². The molecule has 25 heavy (non-hydrogen) atoms. The number of alkyl carbamates (subject to hydrolysis) is 1. The number of hydrogen-bond acceptors (Lipinski definition) is 6. The molecule has 1 rings (SSSR count). The minimum atomic E-state index is -0.850. The van der Waals surface area contributed by atoms with Crippen molar-refractivity contribution in [2.75, 3.05) is 0 Å². The molecule has 0 aliphatic carbocycles. The number of rotatable bonds is 7. The maximum absolute atomic E-state index is 11.8. The van der Waals surface area contributed by atoms with Crippen LogP contribution in [-0.2, 0) is 20.9 Å². The Morgan fingerprint density at radius 3 is 2.36 bits per heavy atom. The molecule has 3 N–H and O–H groups in total. The Morgan fingerprint density at radius 1 is 1.16 bits per heavy atom. The van der Waals surface area contributed by atoms with Gasteiger partial charge in [-0.3, -0.25) is 5.43 Å². The van der Waals surface area contributed by atoms with Gasteiger partial charge in [0.15, 0.2) is 0 Å². The van der Waals surface area contributed by atoms with Gasteiger partial charge in [0.2, 0.25) is 0 Å². The number of hydrazine groups is 1. The molecule has 2 amide bonds. The third-order valence-corrected chi connectivity index (χ3v) is 2.98. The second kappa shape index (κ2) is 9.63. The molecule has 0 bridgehead atoms. The summed E-state index contributed by atoms with van der Waals surface area (Å²) >= 11 is 0. The molecule has 1 aromatic carbocycles. The van der Waals surface area contributed by atoms with Crippen molar-refractivity contribution in [2.24, 2.45) is 0 Å². The van der Waals surface area contributed by atoms with Crippen LogP contribution in [0.2, 0.25) is 0 Å². The summed E-state index contributed by atoms with van der Waals surface area (Å²) in [4.78, 5) is 34.5. The smallest absolute Gasteiger partial charge is 0.422 e. The van der Waals surface area contributed by atoms with Crippen molar-refractivity contribution >= 4 is 18.5 Å². The van der Waals surface area contributed by atoms with Crippen LogP contribution in [0.5, 0.6) is 0 Å². The zero-order valence-corrected chi connectivity index (χ0v) is 14.9. The van der Waals surface area contributed by atoms with E-state index in [0.717, 1.165) is 5.56 Å². The highest BCUT2D eigenvalue weighted by Gasteiger charge is 2.21. The third-order valence-electron chi connectivity index (χ3n) is 2.98. The van der Waals surface area contributed by atoms with Gasteiger partial charge >= 0.3 is 12.2 Å². The zero-order chi connectivity index (χ0) is 18.9. The quantitative estimate of drug-likeness (QED) is 0.512. The number of nitrogens with one attached hydrogen (secondary N) is 3. The fraction of sp³-hybridized carbons (Fsp3) is 0.471. The average molecular weight is 351 g/mol. The number of amides is 2. The number of ether oxygens (including phenoxy) is 2. The van der Waals surface area contributed by atoms with E-state index in [0.29, 0.717) is 6.29 Å². The molecule has 0 heterocycles. The predicted octanol–water partition coefficient (Wildman–Crippen LogP) is 1.90. The van der Waals surface area contributed by atoms with Crippen molar-refractivity contribution in [1.82, 2.24) is 16.2 Å². The number of benzene rings is 1. The number of hydrogen-bond donors (Lipinski definition) is 3. The molecule has 0 saturated heterocycles. The number of carbonyl (C=O) groups excluding carboxylic acids is 3. The highest BCUT2D eigenvalue weighted by molar-refractivity contribution is 5.70. The topological polar surface area (TPSA) is 106 Å². The highest BCUT2D eigenvalue weighted by Crippen LogP contribution is 2.06. The molecular formula is C17H25N3O5. The summed E-state index contributed by atoms with van der Waals surface area (Å²) < 4.78 is 10.1. The van der Waals surface area contributed by atoms with Crippen molar-refractivity contribution in [3.63, 3.8) is 0 Å². The average Bonchev–Trinajstić information content (AvgIpc) is 2.53. The molecule has 2 atom stereocenters. The van der Waals surface area contributed by atoms with Crippen molar-refractivity contribution in [2.45, 2.75) is 52.0 Å². The second-order valence-corrected chi connectivity index (χ2v) is 6.43. The summed E-state index contributed by atoms with van der Waals surface area (Å²) in [5, 5.41) is 2.53. The Morgan fingerprint density at radius 2 is 1.80 bits per heavy atom. The van der Waals surface area contributed by atoms with Crippen LogP contribution in [0.3, 0.4) is 0 Å². The first-order chi connectivity index (χ1) is 11.7. The first-order valence-electron chi connectivity index (χ1n) is 7.88. The third kappa shape index (κ3) is 8.71. The molecule has 8 heteroatoms. The van der Waals surface area contributed by atoms with E-state index in [1.165, 1.54) is 0 Å². The molecule has 0 saturated carbocycles. The van der Waals surface area contributed by atoms with Gasteiger partial charge in [-0.1, -0.05) is 30.3 Å². The standard InChI is InChI=1S/C17H25N3O5/c1-12(14(10-21)19-20-16(23)25-17(2,3)4)18-15(22)24-11-13-8-6-5-7-9-13/h5-10,12,14,19H,11H2,1-4H3,(H,18,22)(H,20,23)/t12-,14+/m1/s1. The Labute approximate surface area is 147 Å². The highest BCUT2D eigenvalue weighted by atomic mass is 16.6. The molecule has 8 nitrogen and oxygen atoms in total. The largest absolute Gasteiger partial charge is 0.445 e. The van der Waals surface area contributed by atoms with Gasteiger partial charge in [0.05, 0.1) is 6.04 Å². The predicted molar refractivity (Wildman–Crippen MR) is 91.6 cm³/mol. The summed E-state index contributed by atoms with van der Waals surface area (Å²) in [5.41, 5.74) is 4.97. The van der Waals surface area contributed by atoms with Crippen molar-refractivity contribution < 1.29 is 23.9 Å². The van der Waals surface area contributed by atoms with Crippen LogP contribution in [0.4, 0.5) is 9.59 Å². The van der Waals surface area contributed by atoms with Crippen LogP contribution in [0.15, 0.2) is 30.3 Å². The SMILES string of the molecule is C[C@@H](NC(=O)OCc1ccccc1)[C@H](C=O)NNC(=O)OC(C)(C)C. The van der Waals surface area contributed by atoms with E-state index in [9.17, 15) is 14.4 Å². The molecule has 0 aromatic heterocycles. The molecule has 138 valence electrons. The first kappa shape index (κ1) is 20.4. The number of aldehydes is 1. The van der Waals surface area contributed by atoms with E-state index in [-0.39, 0.29) is 6.61 Å². The van der Waals surface area contributed by atoms with E-state index >= 15 is 0 Å². The molecule has 0 unspecified atom stereocenters. The van der Waals surface area contributed by atoms with Gasteiger partial charge < -0.3 is 19.6 Å². The van der Waals surface area contributed by atoms with Gasteiger partial charge in [0.25, 0.3) is 0 Å². The maximum Gasteiger partial charge on any atom is 0.422 e. The van der Waals surface area contributed by atoms with Crippen LogP contribution in [0.25, 0.3) is 0 Å². The van der Waals surface area contributed by atoms with Crippen LogP contribution in [-0.4, -0.2) is 36.2 Å². The van der Waals surface area contributed by atoms with Gasteiger partial charge in [-0.15, -0.1) is 0 Å². The lowest BCUT2D eigenvalue weighted by atomic mass is 10.2. The summed E-state index contributed by atoms with van der Waals surface area (Å²) in [6, 6.07) is 7.74. The molecule has 0 aliphatic rings. The molecule has 1 aromatic rings. The van der Waals surface area contributed by atoms with Gasteiger partial charge in [-0.25, -0.2) is 15.0 Å². The fourth-order valence-electron chi connectivity index (χ4n) is 1.76. The lowest BCUT2D eigenvalue weighted by molar-refractivity contribution is -0.110. The summed E-state index contributed by atoms with van der Waals surface area (Å²) in [7, 11) is 0. The second-order valence-electron chi connectivity index (χ2n) is 6.43. The Kier molecular flexibility index (Phi) is 7.87. The minimum absolute atomic E-state index is 0.120. The maximum atomic E-state index is 11.8. The van der Waals surface area contributed by atoms with Gasteiger partial charge in [-0.05, 0) is 33.3 Å². The van der Waals surface area contributed by atoms with E-state index in [1.807, 2.05) is 30.3 Å². The monoisotopic (exact) mass is 351 g/mol. The minimum Gasteiger partial charge on any atom is -0.445 e. The van der Waals surface area contributed by atoms with Crippen LogP contribution in [0, 0.1) is 0 Å². The van der Waals surface area contributed by atoms with E-state index in [2.05, 4.69) is 16.2 Å². The normalized spacial score (nSPS) is 13.3. The van der Waals surface area contributed by atoms with E-state index < -0.39 is 29.9 Å². The van der Waals surface area contributed by atoms with Crippen molar-refractivity contribution in [1.29, 1.82) is 0 Å². The molecule has 0 fully saturated rings. The Hall–Kier alpha value is -2.61. The number of carbonyl (C=O) groups is 3. The summed E-state index contributed by atoms with van der Waals surface area (Å²) in [5.74, 6) is 0. The summed E-state index contributed by atoms with van der Waals surface area (Å²) in [6.07, 6.45) is -0.819. The zero-order valence-electron chi connectivity index (χ0n) is 14.9. The van der Waals surface area contributed by atoms with E-state index in [1.54, 1.807) is 27.7 Å². The van der Waals surface area contributed by atoms with Gasteiger partial charge in [0, 0.05) is 0 Å². The fourth-order valence-corrected chi connectivity index (χ4v) is 1.76. The first-order valence-corrected chi connectivity index (χ1v) is 7.88. The molecule has 0 spiro atoms. The lowest BCUT2D eigenvalue weighted by Gasteiger charge is -2.23. The summed E-state index contributed by atoms with van der Waals surface area (Å²) in [6.45, 7) is 6.88. The van der Waals surface area contributed by atoms with Crippen LogP contribution in [0.1, 0.15) is 33.3 Å². The van der Waals surface area contributed by atoms with Crippen LogP contribution >= 0.6 is 0 Å². The van der Waals surface area contributed by atoms with Gasteiger partial charge in [-0.2, -0.15) is 0 Å². The Bertz CT molecular complexity index is 571. The molecule has 0 aliphatic heterocycles. The lowest BCUT2D eigenvalue weighted by Crippen LogP contribution is -2.55. The van der Waals surface area contributed by atoms with E-state index in [4.69, 9.17) is 9.47 Å². The van der Waals surface area contributed by atoms with Crippen molar-refractivity contribution in [3.8, 4) is 0 Å².